The van der Waals surface area contributed by atoms with Crippen molar-refractivity contribution >= 4 is 11.6 Å². The van der Waals surface area contributed by atoms with Crippen LogP contribution in [0.25, 0.3) is 11.6 Å². The van der Waals surface area contributed by atoms with Gasteiger partial charge in [0.2, 0.25) is 0 Å². The minimum absolute atomic E-state index is 0.0298. The van der Waals surface area contributed by atoms with Crippen molar-refractivity contribution in [3.05, 3.63) is 53.1 Å². The zero-order valence-corrected chi connectivity index (χ0v) is 33.7. The van der Waals surface area contributed by atoms with Gasteiger partial charge in [-0.15, -0.1) is 0 Å². The Labute approximate surface area is 326 Å². The molecule has 8 aliphatic rings. The largest absolute Gasteiger partial charge is 0.497 e. The Morgan fingerprint density at radius 2 is 1.67 bits per heavy atom. The van der Waals surface area contributed by atoms with Gasteiger partial charge < -0.3 is 43.4 Å². The van der Waals surface area contributed by atoms with Crippen LogP contribution in [-0.2, 0) is 9.47 Å². The molecule has 4 aliphatic heterocycles. The number of ether oxygens (including phenoxy) is 7. The zero-order chi connectivity index (χ0) is 38.5. The molecule has 0 aromatic heterocycles. The van der Waals surface area contributed by atoms with Gasteiger partial charge in [-0.1, -0.05) is 39.3 Å². The fraction of sp³-hybridized carbons (Fsp3) is 0.652. The number of hydrogen-bond acceptors (Lipinski definition) is 9. The molecule has 0 radical (unpaired) electrons. The molecule has 1 spiro atoms. The third kappa shape index (κ3) is 5.76. The van der Waals surface area contributed by atoms with E-state index in [9.17, 15) is 10.2 Å². The van der Waals surface area contributed by atoms with Crippen LogP contribution in [0.4, 0.5) is 0 Å². The van der Waals surface area contributed by atoms with Crippen molar-refractivity contribution < 1.29 is 43.4 Å². The maximum atomic E-state index is 11.0. The van der Waals surface area contributed by atoms with Crippen molar-refractivity contribution in [2.75, 3.05) is 34.5 Å². The Morgan fingerprint density at radius 3 is 2.42 bits per heavy atom. The first-order chi connectivity index (χ1) is 26.3. The molecule has 12 unspecified atom stereocenters. The zero-order valence-electron chi connectivity index (χ0n) is 33.7. The van der Waals surface area contributed by atoms with Gasteiger partial charge >= 0.3 is 0 Å². The maximum Gasteiger partial charge on any atom is 0.270 e. The van der Waals surface area contributed by atoms with Crippen molar-refractivity contribution in [1.82, 2.24) is 0 Å². The summed E-state index contributed by atoms with van der Waals surface area (Å²) in [6.07, 6.45) is 15.5. The fourth-order valence-corrected chi connectivity index (χ4v) is 12.6. The molecule has 10 rings (SSSR count). The molecule has 0 amide bonds. The predicted molar refractivity (Wildman–Crippen MR) is 209 cm³/mol. The third-order valence-electron chi connectivity index (χ3n) is 15.7. The quantitative estimate of drug-likeness (QED) is 0.299. The second kappa shape index (κ2) is 13.4. The Bertz CT molecular complexity index is 1880. The topological polar surface area (TPSA) is 105 Å². The summed E-state index contributed by atoms with van der Waals surface area (Å²) in [4.78, 5) is 0. The minimum atomic E-state index is -1.58. The summed E-state index contributed by atoms with van der Waals surface area (Å²) in [6.45, 7) is 10.7. The molecule has 2 saturated heterocycles. The van der Waals surface area contributed by atoms with Crippen LogP contribution < -0.4 is 23.7 Å². The average molecular weight is 757 g/mol. The normalized spacial score (nSPS) is 41.8. The Hall–Kier alpha value is -3.24. The molecule has 5 fully saturated rings. The molecular weight excluding hydrogens is 696 g/mol. The van der Waals surface area contributed by atoms with Gasteiger partial charge in [-0.25, -0.2) is 0 Å². The lowest BCUT2D eigenvalue weighted by atomic mass is 9.48. The smallest absolute Gasteiger partial charge is 0.270 e. The van der Waals surface area contributed by atoms with Crippen molar-refractivity contribution in [1.29, 1.82) is 0 Å². The average Bonchev–Trinajstić information content (AvgIpc) is 3.63. The number of hydrogen-bond donors (Lipinski definition) is 2. The number of benzene rings is 2. The van der Waals surface area contributed by atoms with Crippen molar-refractivity contribution in [2.45, 2.75) is 109 Å². The van der Waals surface area contributed by atoms with Gasteiger partial charge in [-0.05, 0) is 116 Å². The standard InChI is InChI=1S/C27H42O3.C19H18O6/c1-16-7-12-27(29-15-16)17(2)24-23(30-27)14-22-20-6-5-18-13-19(28)8-10-25(18,3)21(20)9-11-26(22,24)4;1-21-12-5-4-11-6-14-13-8-17(22-2)18(23-3)9-16(13)24-10-19(14,20)25-15(11)7-12/h9,16-20,22-24,28H,5-8,10-15H2,1-4H3;4-9,20H,10H2,1-3H3. The number of allylic oxidation sites excluding steroid dienone is 2. The SMILES string of the molecule is CC1CCC2(OC1)OC1CC3C4CCC5CC(O)CCC5(C)C4=CCC3(C)C1C2C.COc1ccc2c(c1)OC1(O)COc3cc(OC)c(OC)cc3C1=C2. The van der Waals surface area contributed by atoms with Gasteiger partial charge in [0.25, 0.3) is 5.79 Å². The Morgan fingerprint density at radius 1 is 0.873 bits per heavy atom. The van der Waals surface area contributed by atoms with E-state index in [0.717, 1.165) is 43.3 Å². The molecule has 4 aliphatic carbocycles. The first kappa shape index (κ1) is 37.3. The number of aliphatic hydroxyl groups is 2. The molecule has 3 saturated carbocycles. The number of rotatable bonds is 3. The van der Waals surface area contributed by atoms with Crippen molar-refractivity contribution in [3.63, 3.8) is 0 Å². The van der Waals surface area contributed by atoms with Crippen LogP contribution in [0, 0.1) is 46.3 Å². The summed E-state index contributed by atoms with van der Waals surface area (Å²) >= 11 is 0. The summed E-state index contributed by atoms with van der Waals surface area (Å²) in [5.74, 6) is 5.02. The van der Waals surface area contributed by atoms with Crippen LogP contribution in [0.1, 0.15) is 96.6 Å². The lowest BCUT2D eigenvalue weighted by Crippen LogP contribution is -2.50. The van der Waals surface area contributed by atoms with E-state index in [-0.39, 0.29) is 18.5 Å². The maximum absolute atomic E-state index is 11.0. The van der Waals surface area contributed by atoms with Crippen molar-refractivity contribution in [3.8, 4) is 28.7 Å². The molecule has 2 aromatic rings. The van der Waals surface area contributed by atoms with Crippen LogP contribution in [0.15, 0.2) is 42.0 Å². The van der Waals surface area contributed by atoms with Gasteiger partial charge in [-0.2, -0.15) is 0 Å². The van der Waals surface area contributed by atoms with Gasteiger partial charge in [0, 0.05) is 41.2 Å². The van der Waals surface area contributed by atoms with Crippen LogP contribution in [0.2, 0.25) is 0 Å². The lowest BCUT2D eigenvalue weighted by molar-refractivity contribution is -0.272. The highest BCUT2D eigenvalue weighted by molar-refractivity contribution is 5.92. The highest BCUT2D eigenvalue weighted by Crippen LogP contribution is 2.70. The number of fused-ring (bicyclic) bond motifs is 11. The lowest BCUT2D eigenvalue weighted by Gasteiger charge is -2.57. The van der Waals surface area contributed by atoms with Gasteiger partial charge in [0.05, 0.1) is 40.1 Å². The minimum Gasteiger partial charge on any atom is -0.497 e. The molecule has 55 heavy (non-hydrogen) atoms. The summed E-state index contributed by atoms with van der Waals surface area (Å²) in [6, 6.07) is 9.00. The molecule has 2 N–H and O–H groups in total. The van der Waals surface area contributed by atoms with Crippen molar-refractivity contribution in [2.24, 2.45) is 46.3 Å². The fourth-order valence-electron chi connectivity index (χ4n) is 12.6. The van der Waals surface area contributed by atoms with Gasteiger partial charge in [0.1, 0.15) is 17.2 Å². The number of methoxy groups -OCH3 is 3. The molecule has 9 nitrogen and oxygen atoms in total. The van der Waals surface area contributed by atoms with Crippen LogP contribution in [0.3, 0.4) is 0 Å². The molecule has 0 bridgehead atoms. The van der Waals surface area contributed by atoms with E-state index in [1.54, 1.807) is 45.1 Å². The summed E-state index contributed by atoms with van der Waals surface area (Å²) in [7, 11) is 4.71. The van der Waals surface area contributed by atoms with Crippen LogP contribution >= 0.6 is 0 Å². The predicted octanol–water partition coefficient (Wildman–Crippen LogP) is 8.44. The summed E-state index contributed by atoms with van der Waals surface area (Å²) < 4.78 is 40.8. The molecule has 298 valence electrons. The van der Waals surface area contributed by atoms with E-state index in [2.05, 4.69) is 33.8 Å². The second-order valence-corrected chi connectivity index (χ2v) is 18.5. The number of aliphatic hydroxyl groups excluding tert-OH is 1. The van der Waals surface area contributed by atoms with Crippen LogP contribution in [0.5, 0.6) is 28.7 Å². The highest BCUT2D eigenvalue weighted by atomic mass is 16.7. The van der Waals surface area contributed by atoms with E-state index in [1.165, 1.54) is 38.5 Å². The first-order valence-corrected chi connectivity index (χ1v) is 20.8. The molecular formula is C46H60O9. The van der Waals surface area contributed by atoms with E-state index in [0.29, 0.717) is 80.5 Å². The first-order valence-electron chi connectivity index (χ1n) is 20.8. The Kier molecular flexibility index (Phi) is 9.11. The molecule has 4 heterocycles. The van der Waals surface area contributed by atoms with E-state index in [4.69, 9.17) is 33.2 Å². The molecule has 12 atom stereocenters. The van der Waals surface area contributed by atoms with Gasteiger partial charge in [0.15, 0.2) is 23.9 Å². The van der Waals surface area contributed by atoms with E-state index >= 15 is 0 Å². The summed E-state index contributed by atoms with van der Waals surface area (Å²) in [5.41, 5.74) is 4.63. The van der Waals surface area contributed by atoms with Crippen LogP contribution in [-0.4, -0.2) is 68.5 Å². The van der Waals surface area contributed by atoms with Gasteiger partial charge in [-0.3, -0.25) is 0 Å². The summed E-state index contributed by atoms with van der Waals surface area (Å²) in [5, 5.41) is 21.3. The monoisotopic (exact) mass is 756 g/mol. The highest BCUT2D eigenvalue weighted by Gasteiger charge is 2.68. The second-order valence-electron chi connectivity index (χ2n) is 18.5. The van der Waals surface area contributed by atoms with E-state index in [1.807, 2.05) is 18.2 Å². The Balaban J connectivity index is 0.000000147. The van der Waals surface area contributed by atoms with E-state index < -0.39 is 5.79 Å². The molecule has 9 heteroatoms. The molecule has 2 aromatic carbocycles. The third-order valence-corrected chi connectivity index (χ3v) is 15.7.